The molecule has 0 saturated carbocycles. The fourth-order valence-corrected chi connectivity index (χ4v) is 2.39. The van der Waals surface area contributed by atoms with E-state index in [2.05, 4.69) is 15.6 Å². The molecule has 0 saturated heterocycles. The number of ether oxygens (including phenoxy) is 2. The van der Waals surface area contributed by atoms with Crippen LogP contribution in [0.2, 0.25) is 0 Å². The fraction of sp³-hybridized carbons (Fsp3) is 0.0476. The van der Waals surface area contributed by atoms with Gasteiger partial charge in [-0.05, 0) is 60.7 Å². The van der Waals surface area contributed by atoms with Crippen LogP contribution in [0.1, 0.15) is 10.4 Å². The molecule has 1 amide bonds. The van der Waals surface area contributed by atoms with Crippen molar-refractivity contribution in [2.45, 2.75) is 0 Å². The molecule has 0 aliphatic rings. The number of rotatable bonds is 8. The maximum atomic E-state index is 12.4. The Balaban J connectivity index is 1.55. The largest absolute Gasteiger partial charge is 0.486 e. The van der Waals surface area contributed by atoms with Crippen molar-refractivity contribution in [3.63, 3.8) is 0 Å². The highest BCUT2D eigenvalue weighted by molar-refractivity contribution is 6.04. The highest BCUT2D eigenvalue weighted by atomic mass is 16.5. The van der Waals surface area contributed by atoms with Gasteiger partial charge in [-0.1, -0.05) is 23.4 Å². The first-order valence-corrected chi connectivity index (χ1v) is 8.70. The third-order valence-corrected chi connectivity index (χ3v) is 3.77. The Hall–Kier alpha value is -4.20. The lowest BCUT2D eigenvalue weighted by Crippen LogP contribution is -2.20. The van der Waals surface area contributed by atoms with Gasteiger partial charge >= 0.3 is 0 Å². The summed E-state index contributed by atoms with van der Waals surface area (Å²) < 4.78 is 11.1. The molecule has 0 fully saturated rings. The second-order valence-electron chi connectivity index (χ2n) is 5.90. The number of hydrogen-bond acceptors (Lipinski definition) is 5. The highest BCUT2D eigenvalue weighted by Gasteiger charge is 2.07. The molecule has 3 aromatic rings. The minimum Gasteiger partial charge on any atom is -0.486 e. The van der Waals surface area contributed by atoms with Gasteiger partial charge in [-0.2, -0.15) is 5.53 Å². The van der Waals surface area contributed by atoms with Gasteiger partial charge in [-0.15, -0.1) is 5.10 Å². The molecule has 29 heavy (non-hydrogen) atoms. The standard InChI is InChI=1S/C21H19N5O3/c22-20(25-26-23)14-28-17-10-6-15(7-11-17)21(27)24-16-8-12-19(13-9-16)29-18-4-2-1-3-5-18/h1-13H,14H2,(H,24,27)(H3,22,23,25). The Morgan fingerprint density at radius 3 is 2.17 bits per heavy atom. The summed E-state index contributed by atoms with van der Waals surface area (Å²) in [4.78, 5) is 12.4. The number of carbonyl (C=O) groups is 1. The molecule has 3 rings (SSSR count). The third-order valence-electron chi connectivity index (χ3n) is 3.77. The van der Waals surface area contributed by atoms with Crippen LogP contribution in [0.5, 0.6) is 17.2 Å². The van der Waals surface area contributed by atoms with E-state index in [0.29, 0.717) is 22.7 Å². The van der Waals surface area contributed by atoms with Crippen LogP contribution in [0.3, 0.4) is 0 Å². The fourth-order valence-electron chi connectivity index (χ4n) is 2.39. The number of carbonyl (C=O) groups excluding carboxylic acids is 1. The summed E-state index contributed by atoms with van der Waals surface area (Å²) >= 11 is 0. The first-order valence-electron chi connectivity index (χ1n) is 8.70. The van der Waals surface area contributed by atoms with E-state index >= 15 is 0 Å². The van der Waals surface area contributed by atoms with E-state index in [9.17, 15) is 4.79 Å². The molecular weight excluding hydrogens is 370 g/mol. The van der Waals surface area contributed by atoms with Crippen LogP contribution in [0.25, 0.3) is 0 Å². The van der Waals surface area contributed by atoms with Gasteiger partial charge in [0, 0.05) is 11.3 Å². The zero-order valence-corrected chi connectivity index (χ0v) is 15.4. The number of nitrogens with zero attached hydrogens (tertiary/aromatic N) is 2. The van der Waals surface area contributed by atoms with Crippen LogP contribution < -0.4 is 20.5 Å². The van der Waals surface area contributed by atoms with Crippen molar-refractivity contribution in [1.82, 2.24) is 0 Å². The van der Waals surface area contributed by atoms with Gasteiger partial charge in [0.25, 0.3) is 5.91 Å². The van der Waals surface area contributed by atoms with Gasteiger partial charge < -0.3 is 20.5 Å². The number of amidine groups is 1. The summed E-state index contributed by atoms with van der Waals surface area (Å²) in [5.41, 5.74) is 13.2. The van der Waals surface area contributed by atoms with Crippen LogP contribution in [-0.2, 0) is 0 Å². The van der Waals surface area contributed by atoms with Gasteiger partial charge in [-0.25, -0.2) is 0 Å². The number of para-hydroxylation sites is 1. The molecule has 0 atom stereocenters. The molecule has 0 heterocycles. The Bertz CT molecular complexity index is 987. The number of nitrogens with two attached hydrogens (primary N) is 1. The van der Waals surface area contributed by atoms with Crippen LogP contribution in [0, 0.1) is 5.53 Å². The minimum absolute atomic E-state index is 0.00528. The number of amides is 1. The van der Waals surface area contributed by atoms with Gasteiger partial charge in [-0.3, -0.25) is 4.79 Å². The van der Waals surface area contributed by atoms with E-state index in [4.69, 9.17) is 20.7 Å². The number of nitrogens with one attached hydrogen (secondary N) is 2. The van der Waals surface area contributed by atoms with Crippen molar-refractivity contribution in [3.8, 4) is 17.2 Å². The molecule has 0 bridgehead atoms. The first kappa shape index (κ1) is 19.6. The van der Waals surface area contributed by atoms with Crippen LogP contribution in [0.4, 0.5) is 5.69 Å². The molecule has 8 heteroatoms. The lowest BCUT2D eigenvalue weighted by atomic mass is 10.2. The monoisotopic (exact) mass is 389 g/mol. The van der Waals surface area contributed by atoms with E-state index in [0.717, 1.165) is 5.75 Å². The zero-order chi connectivity index (χ0) is 20.5. The number of anilines is 1. The van der Waals surface area contributed by atoms with Crippen LogP contribution >= 0.6 is 0 Å². The molecule has 0 unspecified atom stereocenters. The second-order valence-corrected chi connectivity index (χ2v) is 5.90. The molecule has 146 valence electrons. The van der Waals surface area contributed by atoms with Crippen molar-refractivity contribution >= 4 is 17.4 Å². The normalized spacial score (nSPS) is 10.8. The molecule has 0 radical (unpaired) electrons. The Morgan fingerprint density at radius 1 is 0.897 bits per heavy atom. The van der Waals surface area contributed by atoms with E-state index in [-0.39, 0.29) is 18.3 Å². The smallest absolute Gasteiger partial charge is 0.255 e. The van der Waals surface area contributed by atoms with E-state index in [1.54, 1.807) is 48.5 Å². The van der Waals surface area contributed by atoms with Gasteiger partial charge in [0.15, 0.2) is 5.84 Å². The number of benzene rings is 3. The van der Waals surface area contributed by atoms with Gasteiger partial charge in [0.2, 0.25) is 0 Å². The zero-order valence-electron chi connectivity index (χ0n) is 15.4. The minimum atomic E-state index is -0.248. The predicted molar refractivity (Wildman–Crippen MR) is 110 cm³/mol. The quantitative estimate of drug-likeness (QED) is 0.228. The SMILES string of the molecule is N=NN=C(N)COc1ccc(C(=O)Nc2ccc(Oc3ccccc3)cc2)cc1. The second kappa shape index (κ2) is 9.65. The molecule has 8 nitrogen and oxygen atoms in total. The van der Waals surface area contributed by atoms with Crippen molar-refractivity contribution in [2.24, 2.45) is 16.1 Å². The Morgan fingerprint density at radius 2 is 1.52 bits per heavy atom. The summed E-state index contributed by atoms with van der Waals surface area (Å²) in [7, 11) is 0. The highest BCUT2D eigenvalue weighted by Crippen LogP contribution is 2.23. The predicted octanol–water partition coefficient (Wildman–Crippen LogP) is 4.41. The van der Waals surface area contributed by atoms with Crippen molar-refractivity contribution < 1.29 is 14.3 Å². The van der Waals surface area contributed by atoms with Crippen LogP contribution in [0.15, 0.2) is 89.2 Å². The van der Waals surface area contributed by atoms with Gasteiger partial charge in [0.1, 0.15) is 23.9 Å². The summed E-state index contributed by atoms with van der Waals surface area (Å²) in [6.45, 7) is 0.00528. The molecular formula is C21H19N5O3. The molecule has 0 aliphatic carbocycles. The molecule has 4 N–H and O–H groups in total. The van der Waals surface area contributed by atoms with Crippen molar-refractivity contribution in [2.75, 3.05) is 11.9 Å². The topological polar surface area (TPSA) is 122 Å². The third kappa shape index (κ3) is 5.90. The van der Waals surface area contributed by atoms with Gasteiger partial charge in [0.05, 0.1) is 0 Å². The summed E-state index contributed by atoms with van der Waals surface area (Å²) in [5, 5.41) is 9.00. The molecule has 0 aliphatic heterocycles. The summed E-state index contributed by atoms with van der Waals surface area (Å²) in [5.74, 6) is 1.78. The molecule has 3 aromatic carbocycles. The summed E-state index contributed by atoms with van der Waals surface area (Å²) in [6.07, 6.45) is 0. The maximum Gasteiger partial charge on any atom is 0.255 e. The van der Waals surface area contributed by atoms with Crippen molar-refractivity contribution in [1.29, 1.82) is 5.53 Å². The van der Waals surface area contributed by atoms with E-state index < -0.39 is 0 Å². The lowest BCUT2D eigenvalue weighted by Gasteiger charge is -2.09. The number of hydrogen-bond donors (Lipinski definition) is 3. The Labute approximate surface area is 167 Å². The average Bonchev–Trinajstić information content (AvgIpc) is 2.75. The molecule has 0 aromatic heterocycles. The Kier molecular flexibility index (Phi) is 6.51. The van der Waals surface area contributed by atoms with Crippen molar-refractivity contribution in [3.05, 3.63) is 84.4 Å². The maximum absolute atomic E-state index is 12.4. The van der Waals surface area contributed by atoms with E-state index in [1.165, 1.54) is 0 Å². The van der Waals surface area contributed by atoms with E-state index in [1.807, 2.05) is 30.3 Å². The van der Waals surface area contributed by atoms with Crippen LogP contribution in [-0.4, -0.2) is 18.3 Å². The molecule has 0 spiro atoms. The summed E-state index contributed by atoms with van der Waals surface area (Å²) in [6, 6.07) is 23.1. The average molecular weight is 389 g/mol. The lowest BCUT2D eigenvalue weighted by molar-refractivity contribution is 0.102. The first-order chi connectivity index (χ1) is 14.1.